The largest absolute Gasteiger partial charge is 0.397 e. The molecule has 3 N–H and O–H groups in total. The van der Waals surface area contributed by atoms with Crippen LogP contribution in [0.2, 0.25) is 0 Å². The summed E-state index contributed by atoms with van der Waals surface area (Å²) in [7, 11) is 0. The molecule has 5 nitrogen and oxygen atoms in total. The lowest BCUT2D eigenvalue weighted by molar-refractivity contribution is 0.0936. The first-order valence-electron chi connectivity index (χ1n) is 7.88. The Morgan fingerprint density at radius 3 is 2.67 bits per heavy atom. The van der Waals surface area contributed by atoms with Gasteiger partial charge in [-0.1, -0.05) is 0 Å². The number of nitrogens with one attached hydrogen (secondary N) is 1. The standard InChI is InChI=1S/C16H28N4O/c1-11(2)19-6-5-13(9-19)8-18-16(21)15-7-14(17)10-20(15)12(3)4/h7,10-13H,5-6,8-9,17H2,1-4H3,(H,18,21). The molecule has 0 radical (unpaired) electrons. The van der Waals surface area contributed by atoms with Crippen LogP contribution in [0, 0.1) is 5.92 Å². The van der Waals surface area contributed by atoms with Gasteiger partial charge in [-0.05, 0) is 52.6 Å². The number of hydrogen-bond acceptors (Lipinski definition) is 3. The molecule has 1 aliphatic rings. The number of likely N-dealkylation sites (tertiary alicyclic amines) is 1. The lowest BCUT2D eigenvalue weighted by Gasteiger charge is -2.20. The SMILES string of the molecule is CC(C)N1CCC(CNC(=O)c2cc(N)cn2C(C)C)C1. The van der Waals surface area contributed by atoms with Crippen molar-refractivity contribution in [2.75, 3.05) is 25.4 Å². The molecular weight excluding hydrogens is 264 g/mol. The van der Waals surface area contributed by atoms with Gasteiger partial charge in [-0.2, -0.15) is 0 Å². The van der Waals surface area contributed by atoms with E-state index in [0.29, 0.717) is 23.3 Å². The van der Waals surface area contributed by atoms with Crippen LogP contribution in [0.25, 0.3) is 0 Å². The minimum absolute atomic E-state index is 0.0246. The van der Waals surface area contributed by atoms with E-state index in [0.717, 1.165) is 26.1 Å². The van der Waals surface area contributed by atoms with Crippen LogP contribution in [0.1, 0.15) is 50.6 Å². The van der Waals surface area contributed by atoms with E-state index in [9.17, 15) is 4.79 Å². The van der Waals surface area contributed by atoms with Gasteiger partial charge < -0.3 is 20.5 Å². The van der Waals surface area contributed by atoms with E-state index < -0.39 is 0 Å². The molecule has 1 aromatic heterocycles. The van der Waals surface area contributed by atoms with Crippen molar-refractivity contribution in [1.82, 2.24) is 14.8 Å². The number of nitrogens with zero attached hydrogens (tertiary/aromatic N) is 2. The Bertz CT molecular complexity index is 492. The lowest BCUT2D eigenvalue weighted by Crippen LogP contribution is -2.33. The van der Waals surface area contributed by atoms with Crippen molar-refractivity contribution >= 4 is 11.6 Å². The van der Waals surface area contributed by atoms with Gasteiger partial charge in [-0.3, -0.25) is 4.79 Å². The van der Waals surface area contributed by atoms with E-state index in [2.05, 4.69) is 24.1 Å². The summed E-state index contributed by atoms with van der Waals surface area (Å²) < 4.78 is 1.93. The van der Waals surface area contributed by atoms with E-state index in [4.69, 9.17) is 5.73 Å². The summed E-state index contributed by atoms with van der Waals surface area (Å²) >= 11 is 0. The fraction of sp³-hybridized carbons (Fsp3) is 0.688. The third-order valence-corrected chi connectivity index (χ3v) is 4.26. The van der Waals surface area contributed by atoms with E-state index in [1.54, 1.807) is 6.07 Å². The number of nitrogens with two attached hydrogens (primary N) is 1. The summed E-state index contributed by atoms with van der Waals surface area (Å²) in [5.74, 6) is 0.527. The van der Waals surface area contributed by atoms with Crippen molar-refractivity contribution in [2.24, 2.45) is 5.92 Å². The number of amides is 1. The van der Waals surface area contributed by atoms with Gasteiger partial charge in [-0.15, -0.1) is 0 Å². The van der Waals surface area contributed by atoms with Gasteiger partial charge in [0.05, 0.1) is 5.69 Å². The Balaban J connectivity index is 1.91. The molecule has 0 saturated carbocycles. The molecule has 1 aromatic rings. The minimum Gasteiger partial charge on any atom is -0.397 e. The van der Waals surface area contributed by atoms with Gasteiger partial charge in [0.1, 0.15) is 5.69 Å². The van der Waals surface area contributed by atoms with E-state index in [-0.39, 0.29) is 11.9 Å². The Kier molecular flexibility index (Phi) is 4.93. The van der Waals surface area contributed by atoms with Crippen LogP contribution >= 0.6 is 0 Å². The highest BCUT2D eigenvalue weighted by Gasteiger charge is 2.25. The van der Waals surface area contributed by atoms with Gasteiger partial charge in [0.2, 0.25) is 0 Å². The second-order valence-corrected chi connectivity index (χ2v) is 6.61. The number of carbonyl (C=O) groups excluding carboxylic acids is 1. The highest BCUT2D eigenvalue weighted by molar-refractivity contribution is 5.93. The predicted octanol–water partition coefficient (Wildman–Crippen LogP) is 2.11. The normalized spacial score (nSPS) is 19.6. The Morgan fingerprint density at radius 1 is 1.38 bits per heavy atom. The van der Waals surface area contributed by atoms with Crippen molar-refractivity contribution in [3.63, 3.8) is 0 Å². The third kappa shape index (κ3) is 3.79. The maximum Gasteiger partial charge on any atom is 0.268 e. The zero-order valence-corrected chi connectivity index (χ0v) is 13.6. The van der Waals surface area contributed by atoms with Crippen LogP contribution in [-0.2, 0) is 0 Å². The minimum atomic E-state index is -0.0246. The van der Waals surface area contributed by atoms with Crippen LogP contribution < -0.4 is 11.1 Å². The summed E-state index contributed by atoms with van der Waals surface area (Å²) in [6, 6.07) is 2.57. The molecule has 0 aromatic carbocycles. The number of rotatable bonds is 5. The maximum atomic E-state index is 12.4. The van der Waals surface area contributed by atoms with Gasteiger partial charge in [-0.25, -0.2) is 0 Å². The summed E-state index contributed by atoms with van der Waals surface area (Å²) in [4.78, 5) is 14.8. The first kappa shape index (κ1) is 15.9. The first-order valence-corrected chi connectivity index (χ1v) is 7.88. The second-order valence-electron chi connectivity index (χ2n) is 6.61. The van der Waals surface area contributed by atoms with Crippen molar-refractivity contribution in [1.29, 1.82) is 0 Å². The molecule has 5 heteroatoms. The second kappa shape index (κ2) is 6.52. The van der Waals surface area contributed by atoms with Crippen LogP contribution in [0.5, 0.6) is 0 Å². The van der Waals surface area contributed by atoms with Crippen LogP contribution in [0.4, 0.5) is 5.69 Å². The monoisotopic (exact) mass is 292 g/mol. The lowest BCUT2D eigenvalue weighted by atomic mass is 10.1. The van der Waals surface area contributed by atoms with Crippen molar-refractivity contribution in [3.8, 4) is 0 Å². The first-order chi connectivity index (χ1) is 9.88. The van der Waals surface area contributed by atoms with Crippen LogP contribution in [0.15, 0.2) is 12.3 Å². The van der Waals surface area contributed by atoms with Gasteiger partial charge in [0.25, 0.3) is 5.91 Å². The molecule has 1 atom stereocenters. The molecule has 0 aliphatic carbocycles. The highest BCUT2D eigenvalue weighted by Crippen LogP contribution is 2.19. The maximum absolute atomic E-state index is 12.4. The van der Waals surface area contributed by atoms with Crippen molar-refractivity contribution in [3.05, 3.63) is 18.0 Å². The fourth-order valence-corrected chi connectivity index (χ4v) is 2.94. The van der Waals surface area contributed by atoms with Crippen LogP contribution in [0.3, 0.4) is 0 Å². The van der Waals surface area contributed by atoms with Crippen LogP contribution in [-0.4, -0.2) is 41.1 Å². The average Bonchev–Trinajstić information content (AvgIpc) is 3.02. The summed E-state index contributed by atoms with van der Waals surface area (Å²) in [5, 5.41) is 3.07. The van der Waals surface area contributed by atoms with E-state index in [1.165, 1.54) is 0 Å². The topological polar surface area (TPSA) is 63.3 Å². The molecule has 1 amide bonds. The van der Waals surface area contributed by atoms with Crippen molar-refractivity contribution < 1.29 is 4.79 Å². The summed E-state index contributed by atoms with van der Waals surface area (Å²) in [5.41, 5.74) is 7.11. The molecule has 118 valence electrons. The molecule has 1 saturated heterocycles. The Morgan fingerprint density at radius 2 is 2.10 bits per heavy atom. The quantitative estimate of drug-likeness (QED) is 0.873. The van der Waals surface area contributed by atoms with E-state index in [1.807, 2.05) is 24.6 Å². The fourth-order valence-electron chi connectivity index (χ4n) is 2.94. The van der Waals surface area contributed by atoms with Crippen molar-refractivity contribution in [2.45, 2.75) is 46.2 Å². The predicted molar refractivity (Wildman–Crippen MR) is 86.4 cm³/mol. The summed E-state index contributed by atoms with van der Waals surface area (Å²) in [6.45, 7) is 11.5. The summed E-state index contributed by atoms with van der Waals surface area (Å²) in [6.07, 6.45) is 2.99. The smallest absolute Gasteiger partial charge is 0.268 e. The number of hydrogen-bond donors (Lipinski definition) is 2. The molecule has 1 unspecified atom stereocenters. The molecule has 0 bridgehead atoms. The number of aromatic nitrogens is 1. The Hall–Kier alpha value is -1.49. The average molecular weight is 292 g/mol. The number of carbonyl (C=O) groups is 1. The van der Waals surface area contributed by atoms with E-state index >= 15 is 0 Å². The molecule has 1 aliphatic heterocycles. The molecule has 0 spiro atoms. The number of anilines is 1. The van der Waals surface area contributed by atoms with Gasteiger partial charge >= 0.3 is 0 Å². The van der Waals surface area contributed by atoms with Gasteiger partial charge in [0.15, 0.2) is 0 Å². The molecule has 1 fully saturated rings. The highest BCUT2D eigenvalue weighted by atomic mass is 16.1. The molecular formula is C16H28N4O. The Labute approximate surface area is 127 Å². The molecule has 2 heterocycles. The third-order valence-electron chi connectivity index (χ3n) is 4.26. The number of nitrogen functional groups attached to an aromatic ring is 1. The molecule has 2 rings (SSSR count). The van der Waals surface area contributed by atoms with Gasteiger partial charge in [0, 0.05) is 31.4 Å². The zero-order valence-electron chi connectivity index (χ0n) is 13.6. The molecule has 21 heavy (non-hydrogen) atoms. The zero-order chi connectivity index (χ0) is 15.6.